The van der Waals surface area contributed by atoms with Crippen molar-refractivity contribution in [3.8, 4) is 17.6 Å². The van der Waals surface area contributed by atoms with Gasteiger partial charge in [-0.15, -0.1) is 0 Å². The van der Waals surface area contributed by atoms with Gasteiger partial charge in [0.25, 0.3) is 5.56 Å². The number of benzene rings is 2. The van der Waals surface area contributed by atoms with E-state index < -0.39 is 0 Å². The number of fused-ring (bicyclic) bond motifs is 1. The van der Waals surface area contributed by atoms with Gasteiger partial charge in [0.05, 0.1) is 23.7 Å². The highest BCUT2D eigenvalue weighted by Crippen LogP contribution is 2.33. The molecule has 0 saturated heterocycles. The van der Waals surface area contributed by atoms with Gasteiger partial charge < -0.3 is 9.47 Å². The van der Waals surface area contributed by atoms with Gasteiger partial charge in [0, 0.05) is 14.5 Å². The summed E-state index contributed by atoms with van der Waals surface area (Å²) in [6, 6.07) is 10.7. The minimum atomic E-state index is -0.264. The Morgan fingerprint density at radius 3 is 2.72 bits per heavy atom. The number of rotatable bonds is 6. The van der Waals surface area contributed by atoms with E-state index in [9.17, 15) is 4.79 Å². The molecule has 1 heterocycles. The lowest BCUT2D eigenvalue weighted by atomic mass is 10.2. The molecule has 1 aromatic heterocycles. The first-order valence-corrected chi connectivity index (χ1v) is 10.2. The average Bonchev–Trinajstić information content (AvgIpc) is 2.69. The second-order valence-electron chi connectivity index (χ2n) is 5.88. The van der Waals surface area contributed by atoms with Gasteiger partial charge in [-0.25, -0.2) is 4.98 Å². The van der Waals surface area contributed by atoms with Gasteiger partial charge in [0.1, 0.15) is 11.9 Å². The Kier molecular flexibility index (Phi) is 6.67. The molecule has 3 aromatic rings. The van der Waals surface area contributed by atoms with Crippen LogP contribution in [0.25, 0.3) is 10.9 Å². The second kappa shape index (κ2) is 9.20. The lowest BCUT2D eigenvalue weighted by Crippen LogP contribution is -2.20. The van der Waals surface area contributed by atoms with Gasteiger partial charge in [-0.2, -0.15) is 15.0 Å². The summed E-state index contributed by atoms with van der Waals surface area (Å²) >= 11 is 6.84. The van der Waals surface area contributed by atoms with Crippen LogP contribution in [0, 0.1) is 18.3 Å². The normalized spacial score (nSPS) is 11.0. The van der Waals surface area contributed by atoms with Crippen molar-refractivity contribution in [2.75, 3.05) is 13.2 Å². The third-order valence-corrected chi connectivity index (χ3v) is 5.12. The van der Waals surface area contributed by atoms with E-state index in [0.29, 0.717) is 44.9 Å². The minimum absolute atomic E-state index is 0.0904. The summed E-state index contributed by atoms with van der Waals surface area (Å²) in [6.45, 7) is 3.92. The van der Waals surface area contributed by atoms with Crippen LogP contribution in [0.5, 0.6) is 11.5 Å². The molecule has 3 rings (SSSR count). The molecule has 0 amide bonds. The van der Waals surface area contributed by atoms with Crippen molar-refractivity contribution in [2.24, 2.45) is 5.10 Å². The number of nitrogens with zero attached hydrogens (tertiary/aromatic N) is 4. The van der Waals surface area contributed by atoms with E-state index in [1.807, 2.05) is 19.1 Å². The highest BCUT2D eigenvalue weighted by molar-refractivity contribution is 9.10. The summed E-state index contributed by atoms with van der Waals surface area (Å²) in [5.74, 6) is 1.40. The predicted octanol–water partition coefficient (Wildman–Crippen LogP) is 4.41. The summed E-state index contributed by atoms with van der Waals surface area (Å²) in [4.78, 5) is 17.3. The molecule has 0 N–H and O–H groups in total. The summed E-state index contributed by atoms with van der Waals surface area (Å²) in [5.41, 5.74) is 1.03. The number of halogens is 2. The van der Waals surface area contributed by atoms with E-state index in [0.717, 1.165) is 4.47 Å². The molecule has 0 spiro atoms. The first-order valence-electron chi connectivity index (χ1n) is 8.64. The Hall–Kier alpha value is -2.70. The third kappa shape index (κ3) is 4.66. The summed E-state index contributed by atoms with van der Waals surface area (Å²) in [7, 11) is 0. The summed E-state index contributed by atoms with van der Waals surface area (Å²) in [5, 5.41) is 13.5. The fourth-order valence-electron chi connectivity index (χ4n) is 2.66. The van der Waals surface area contributed by atoms with Crippen LogP contribution in [-0.2, 0) is 0 Å². The van der Waals surface area contributed by atoms with E-state index in [1.165, 1.54) is 4.68 Å². The zero-order valence-electron chi connectivity index (χ0n) is 15.6. The molecule has 7 nitrogen and oxygen atoms in total. The van der Waals surface area contributed by atoms with Gasteiger partial charge in [0.15, 0.2) is 18.1 Å². The summed E-state index contributed by atoms with van der Waals surface area (Å²) in [6.07, 6.45) is 1.54. The van der Waals surface area contributed by atoms with Crippen LogP contribution >= 0.6 is 31.9 Å². The Morgan fingerprint density at radius 2 is 2.00 bits per heavy atom. The largest absolute Gasteiger partial charge is 0.490 e. The molecule has 2 aromatic carbocycles. The van der Waals surface area contributed by atoms with Crippen molar-refractivity contribution in [3.05, 3.63) is 61.0 Å². The fourth-order valence-corrected chi connectivity index (χ4v) is 3.44. The first-order chi connectivity index (χ1) is 13.9. The fraction of sp³-hybridized carbons (Fsp3) is 0.200. The van der Waals surface area contributed by atoms with Gasteiger partial charge in [-0.1, -0.05) is 15.9 Å². The SMILES string of the molecule is CCOc1cc(C=Nn2c(C)nc3ccc(Br)cc3c2=O)c(Br)cc1OCC#N. The smallest absolute Gasteiger partial charge is 0.282 e. The molecule has 0 bridgehead atoms. The first kappa shape index (κ1) is 21.0. The molecule has 9 heteroatoms. The number of aryl methyl sites for hydroxylation is 1. The molecular weight excluding hydrogens is 504 g/mol. The maximum atomic E-state index is 12.9. The Balaban J connectivity index is 2.04. The highest BCUT2D eigenvalue weighted by Gasteiger charge is 2.11. The van der Waals surface area contributed by atoms with E-state index in [4.69, 9.17) is 14.7 Å². The molecule has 148 valence electrons. The predicted molar refractivity (Wildman–Crippen MR) is 118 cm³/mol. The van der Waals surface area contributed by atoms with Gasteiger partial charge in [-0.05, 0) is 60.1 Å². The molecule has 0 atom stereocenters. The van der Waals surface area contributed by atoms with Crippen LogP contribution < -0.4 is 15.0 Å². The van der Waals surface area contributed by atoms with Crippen LogP contribution in [0.15, 0.2) is 49.2 Å². The monoisotopic (exact) mass is 518 g/mol. The van der Waals surface area contributed by atoms with Crippen LogP contribution in [0.4, 0.5) is 0 Å². The molecule has 0 saturated carbocycles. The van der Waals surface area contributed by atoms with Gasteiger partial charge in [0.2, 0.25) is 0 Å². The van der Waals surface area contributed by atoms with Crippen LogP contribution in [0.1, 0.15) is 18.3 Å². The zero-order chi connectivity index (χ0) is 21.0. The van der Waals surface area contributed by atoms with Gasteiger partial charge >= 0.3 is 0 Å². The van der Waals surface area contributed by atoms with Gasteiger partial charge in [-0.3, -0.25) is 4.79 Å². The van der Waals surface area contributed by atoms with Crippen LogP contribution in [-0.4, -0.2) is 29.1 Å². The van der Waals surface area contributed by atoms with Crippen molar-refractivity contribution in [2.45, 2.75) is 13.8 Å². The Bertz CT molecular complexity index is 1200. The average molecular weight is 520 g/mol. The van der Waals surface area contributed by atoms with Crippen molar-refractivity contribution in [1.82, 2.24) is 9.66 Å². The molecular formula is C20H16Br2N4O3. The molecule has 0 fully saturated rings. The molecule has 0 radical (unpaired) electrons. The minimum Gasteiger partial charge on any atom is -0.490 e. The number of hydrogen-bond donors (Lipinski definition) is 0. The zero-order valence-corrected chi connectivity index (χ0v) is 18.8. The quantitative estimate of drug-likeness (QED) is 0.450. The maximum absolute atomic E-state index is 12.9. The summed E-state index contributed by atoms with van der Waals surface area (Å²) < 4.78 is 13.7. The van der Waals surface area contributed by atoms with Crippen LogP contribution in [0.3, 0.4) is 0 Å². The maximum Gasteiger partial charge on any atom is 0.282 e. The van der Waals surface area contributed by atoms with Crippen LogP contribution in [0.2, 0.25) is 0 Å². The van der Waals surface area contributed by atoms with Crippen molar-refractivity contribution in [3.63, 3.8) is 0 Å². The molecule has 0 unspecified atom stereocenters. The molecule has 0 aliphatic rings. The van der Waals surface area contributed by atoms with E-state index in [2.05, 4.69) is 41.9 Å². The van der Waals surface area contributed by atoms with E-state index in [1.54, 1.807) is 37.4 Å². The molecule has 0 aliphatic heterocycles. The number of ether oxygens (including phenoxy) is 2. The lowest BCUT2D eigenvalue weighted by molar-refractivity contribution is 0.298. The molecule has 0 aliphatic carbocycles. The lowest BCUT2D eigenvalue weighted by Gasteiger charge is -2.12. The second-order valence-corrected chi connectivity index (χ2v) is 7.65. The highest BCUT2D eigenvalue weighted by atomic mass is 79.9. The molecule has 29 heavy (non-hydrogen) atoms. The topological polar surface area (TPSA) is 89.5 Å². The third-order valence-electron chi connectivity index (χ3n) is 3.94. The van der Waals surface area contributed by atoms with Crippen molar-refractivity contribution >= 4 is 49.0 Å². The van der Waals surface area contributed by atoms with E-state index in [-0.39, 0.29) is 12.2 Å². The van der Waals surface area contributed by atoms with Crippen molar-refractivity contribution in [1.29, 1.82) is 5.26 Å². The number of aromatic nitrogens is 2. The Morgan fingerprint density at radius 1 is 1.24 bits per heavy atom. The standard InChI is InChI=1S/C20H16Br2N4O3/c1-3-28-18-8-13(16(22)10-19(18)29-7-6-23)11-24-26-12(2)25-17-5-4-14(21)9-15(17)20(26)27/h4-5,8-11H,3,7H2,1-2H3. The van der Waals surface area contributed by atoms with E-state index >= 15 is 0 Å². The van der Waals surface area contributed by atoms with Crippen molar-refractivity contribution < 1.29 is 9.47 Å². The Labute approximate surface area is 183 Å². The number of nitriles is 1. The number of hydrogen-bond acceptors (Lipinski definition) is 6.